The van der Waals surface area contributed by atoms with Crippen LogP contribution in [0.15, 0.2) is 48.5 Å². The maximum absolute atomic E-state index is 12.0. The standard InChI is InChI=1S/C21H27N3O/c1-16-8-9-20(12-17(16)2)24-11-10-19(15-24)14-23-21(25)22-13-18-6-4-3-5-7-18/h3-9,12,19H,10-11,13-15H2,1-2H3,(H2,22,23,25). The van der Waals surface area contributed by atoms with Gasteiger partial charge in [0.05, 0.1) is 0 Å². The van der Waals surface area contributed by atoms with Crippen LogP contribution in [0, 0.1) is 19.8 Å². The van der Waals surface area contributed by atoms with Crippen molar-refractivity contribution in [2.75, 3.05) is 24.5 Å². The molecule has 1 fully saturated rings. The number of anilines is 1. The van der Waals surface area contributed by atoms with Crippen molar-refractivity contribution in [2.24, 2.45) is 5.92 Å². The number of carbonyl (C=O) groups excluding carboxylic acids is 1. The van der Waals surface area contributed by atoms with Gasteiger partial charge >= 0.3 is 6.03 Å². The molecule has 0 aliphatic carbocycles. The summed E-state index contributed by atoms with van der Waals surface area (Å²) in [6.07, 6.45) is 1.12. The fourth-order valence-electron chi connectivity index (χ4n) is 3.23. The molecule has 25 heavy (non-hydrogen) atoms. The van der Waals surface area contributed by atoms with E-state index in [4.69, 9.17) is 0 Å². The van der Waals surface area contributed by atoms with Gasteiger partial charge in [0.25, 0.3) is 0 Å². The Morgan fingerprint density at radius 2 is 1.88 bits per heavy atom. The van der Waals surface area contributed by atoms with Gasteiger partial charge in [0.1, 0.15) is 0 Å². The normalized spacial score (nSPS) is 16.7. The third-order valence-corrected chi connectivity index (χ3v) is 4.99. The first kappa shape index (κ1) is 17.3. The Balaban J connectivity index is 1.42. The van der Waals surface area contributed by atoms with E-state index in [0.29, 0.717) is 12.5 Å². The van der Waals surface area contributed by atoms with Crippen LogP contribution in [0.5, 0.6) is 0 Å². The second-order valence-electron chi connectivity index (χ2n) is 6.92. The minimum atomic E-state index is -0.0894. The van der Waals surface area contributed by atoms with Crippen molar-refractivity contribution in [1.29, 1.82) is 0 Å². The molecule has 3 rings (SSSR count). The highest BCUT2D eigenvalue weighted by atomic mass is 16.2. The van der Waals surface area contributed by atoms with E-state index in [1.165, 1.54) is 16.8 Å². The molecule has 0 saturated carbocycles. The maximum Gasteiger partial charge on any atom is 0.315 e. The van der Waals surface area contributed by atoms with E-state index in [1.807, 2.05) is 30.3 Å². The second-order valence-corrected chi connectivity index (χ2v) is 6.92. The summed E-state index contributed by atoms with van der Waals surface area (Å²) in [4.78, 5) is 14.4. The van der Waals surface area contributed by atoms with Gasteiger partial charge in [-0.25, -0.2) is 4.79 Å². The van der Waals surface area contributed by atoms with Crippen LogP contribution in [0.2, 0.25) is 0 Å². The maximum atomic E-state index is 12.0. The quantitative estimate of drug-likeness (QED) is 0.875. The average Bonchev–Trinajstić information content (AvgIpc) is 3.10. The summed E-state index contributed by atoms with van der Waals surface area (Å²) in [5.41, 5.74) is 5.06. The fraction of sp³-hybridized carbons (Fsp3) is 0.381. The van der Waals surface area contributed by atoms with Crippen LogP contribution < -0.4 is 15.5 Å². The highest BCUT2D eigenvalue weighted by molar-refractivity contribution is 5.73. The molecule has 2 N–H and O–H groups in total. The number of nitrogens with one attached hydrogen (secondary N) is 2. The first-order chi connectivity index (χ1) is 12.1. The van der Waals surface area contributed by atoms with Gasteiger partial charge in [0, 0.05) is 31.9 Å². The van der Waals surface area contributed by atoms with Gasteiger partial charge in [-0.05, 0) is 55.0 Å². The largest absolute Gasteiger partial charge is 0.371 e. The average molecular weight is 337 g/mol. The summed E-state index contributed by atoms with van der Waals surface area (Å²) in [5.74, 6) is 0.504. The molecule has 0 bridgehead atoms. The Morgan fingerprint density at radius 3 is 2.64 bits per heavy atom. The van der Waals surface area contributed by atoms with Gasteiger partial charge in [-0.3, -0.25) is 0 Å². The zero-order chi connectivity index (χ0) is 17.6. The SMILES string of the molecule is Cc1ccc(N2CCC(CNC(=O)NCc3ccccc3)C2)cc1C. The van der Waals surface area contributed by atoms with E-state index < -0.39 is 0 Å². The Kier molecular flexibility index (Phi) is 5.59. The van der Waals surface area contributed by atoms with Crippen LogP contribution >= 0.6 is 0 Å². The molecule has 2 aromatic rings. The summed E-state index contributed by atoms with van der Waals surface area (Å²) in [6.45, 7) is 7.64. The minimum Gasteiger partial charge on any atom is -0.371 e. The first-order valence-corrected chi connectivity index (χ1v) is 8.99. The van der Waals surface area contributed by atoms with Gasteiger partial charge in [0.2, 0.25) is 0 Å². The minimum absolute atomic E-state index is 0.0894. The molecule has 1 unspecified atom stereocenters. The van der Waals surface area contributed by atoms with Crippen molar-refractivity contribution in [1.82, 2.24) is 10.6 Å². The monoisotopic (exact) mass is 337 g/mol. The van der Waals surface area contributed by atoms with Crippen LogP contribution in [0.3, 0.4) is 0 Å². The smallest absolute Gasteiger partial charge is 0.315 e. The molecular formula is C21H27N3O. The third-order valence-electron chi connectivity index (χ3n) is 4.99. The van der Waals surface area contributed by atoms with Crippen LogP contribution in [0.1, 0.15) is 23.1 Å². The molecule has 4 heteroatoms. The third kappa shape index (κ3) is 4.75. The van der Waals surface area contributed by atoms with Crippen molar-refractivity contribution in [3.63, 3.8) is 0 Å². The van der Waals surface area contributed by atoms with Crippen molar-refractivity contribution in [2.45, 2.75) is 26.8 Å². The zero-order valence-electron chi connectivity index (χ0n) is 15.1. The van der Waals surface area contributed by atoms with Crippen LogP contribution in [0.4, 0.5) is 10.5 Å². The number of carbonyl (C=O) groups is 1. The fourth-order valence-corrected chi connectivity index (χ4v) is 3.23. The molecule has 1 heterocycles. The Labute approximate surface area is 150 Å². The van der Waals surface area contributed by atoms with E-state index >= 15 is 0 Å². The molecular weight excluding hydrogens is 310 g/mol. The van der Waals surface area contributed by atoms with E-state index in [9.17, 15) is 4.79 Å². The summed E-state index contributed by atoms with van der Waals surface area (Å²) >= 11 is 0. The molecule has 4 nitrogen and oxygen atoms in total. The van der Waals surface area contributed by atoms with Gasteiger partial charge in [0.15, 0.2) is 0 Å². The van der Waals surface area contributed by atoms with Crippen LogP contribution in [-0.2, 0) is 6.54 Å². The number of hydrogen-bond donors (Lipinski definition) is 2. The Hall–Kier alpha value is -2.49. The predicted octanol–water partition coefficient (Wildman–Crippen LogP) is 3.63. The van der Waals surface area contributed by atoms with Crippen molar-refractivity contribution >= 4 is 11.7 Å². The zero-order valence-corrected chi connectivity index (χ0v) is 15.1. The summed E-state index contributed by atoms with van der Waals surface area (Å²) in [5, 5.41) is 5.93. The number of rotatable bonds is 5. The summed E-state index contributed by atoms with van der Waals surface area (Å²) in [6, 6.07) is 16.5. The van der Waals surface area contributed by atoms with E-state index in [0.717, 1.165) is 31.6 Å². The Bertz CT molecular complexity index is 714. The Morgan fingerprint density at radius 1 is 1.08 bits per heavy atom. The lowest BCUT2D eigenvalue weighted by Crippen LogP contribution is -2.38. The molecule has 2 amide bonds. The van der Waals surface area contributed by atoms with Crippen molar-refractivity contribution < 1.29 is 4.79 Å². The predicted molar refractivity (Wildman–Crippen MR) is 103 cm³/mol. The number of aryl methyl sites for hydroxylation is 2. The van der Waals surface area contributed by atoms with Crippen molar-refractivity contribution in [3.05, 3.63) is 65.2 Å². The van der Waals surface area contributed by atoms with E-state index in [1.54, 1.807) is 0 Å². The number of hydrogen-bond acceptors (Lipinski definition) is 2. The number of amides is 2. The molecule has 132 valence electrons. The van der Waals surface area contributed by atoms with E-state index in [-0.39, 0.29) is 6.03 Å². The molecule has 1 atom stereocenters. The van der Waals surface area contributed by atoms with E-state index in [2.05, 4.69) is 47.6 Å². The number of nitrogens with zero attached hydrogens (tertiary/aromatic N) is 1. The number of benzene rings is 2. The lowest BCUT2D eigenvalue weighted by Gasteiger charge is -2.20. The first-order valence-electron chi connectivity index (χ1n) is 8.99. The van der Waals surface area contributed by atoms with Crippen LogP contribution in [-0.4, -0.2) is 25.7 Å². The highest BCUT2D eigenvalue weighted by Crippen LogP contribution is 2.25. The topological polar surface area (TPSA) is 44.4 Å². The lowest BCUT2D eigenvalue weighted by molar-refractivity contribution is 0.239. The van der Waals surface area contributed by atoms with Gasteiger partial charge < -0.3 is 15.5 Å². The van der Waals surface area contributed by atoms with Crippen LogP contribution in [0.25, 0.3) is 0 Å². The molecule has 1 aliphatic rings. The summed E-state index contributed by atoms with van der Waals surface area (Å²) < 4.78 is 0. The van der Waals surface area contributed by atoms with Crippen molar-refractivity contribution in [3.8, 4) is 0 Å². The number of urea groups is 1. The molecule has 1 aliphatic heterocycles. The molecule has 0 aromatic heterocycles. The van der Waals surface area contributed by atoms with Gasteiger partial charge in [-0.2, -0.15) is 0 Å². The van der Waals surface area contributed by atoms with Gasteiger partial charge in [-0.15, -0.1) is 0 Å². The second kappa shape index (κ2) is 8.06. The highest BCUT2D eigenvalue weighted by Gasteiger charge is 2.23. The van der Waals surface area contributed by atoms with Gasteiger partial charge in [-0.1, -0.05) is 36.4 Å². The molecule has 1 saturated heterocycles. The molecule has 0 spiro atoms. The lowest BCUT2D eigenvalue weighted by atomic mass is 10.1. The summed E-state index contributed by atoms with van der Waals surface area (Å²) in [7, 11) is 0. The molecule has 2 aromatic carbocycles. The molecule has 0 radical (unpaired) electrons.